The van der Waals surface area contributed by atoms with Crippen molar-refractivity contribution in [3.8, 4) is 11.5 Å². The van der Waals surface area contributed by atoms with Crippen LogP contribution in [0.15, 0.2) is 12.7 Å². The molecule has 0 aliphatic heterocycles. The highest BCUT2D eigenvalue weighted by Gasteiger charge is 2.09. The first kappa shape index (κ1) is 12.1. The van der Waals surface area contributed by atoms with Crippen molar-refractivity contribution in [3.63, 3.8) is 0 Å². The van der Waals surface area contributed by atoms with Crippen LogP contribution in [0.1, 0.15) is 6.42 Å². The van der Waals surface area contributed by atoms with Crippen LogP contribution < -0.4 is 0 Å². The molecule has 72 valence electrons. The summed E-state index contributed by atoms with van der Waals surface area (Å²) in [6, 6.07) is 0. The minimum absolute atomic E-state index is 0.0565. The van der Waals surface area contributed by atoms with E-state index in [1.165, 1.54) is 6.08 Å². The molecule has 3 heteroatoms. The summed E-state index contributed by atoms with van der Waals surface area (Å²) in [4.78, 5) is 11.1. The van der Waals surface area contributed by atoms with Crippen molar-refractivity contribution in [1.29, 1.82) is 0 Å². The highest BCUT2D eigenvalue weighted by Crippen LogP contribution is 1.97. The average Bonchev–Trinajstić information content (AvgIpc) is 1.99. The molecular formula is C10H16O2Si. The number of carbonyl (C=O) groups is 1. The molecule has 0 fully saturated rings. The van der Waals surface area contributed by atoms with Crippen LogP contribution in [0, 0.1) is 11.5 Å². The van der Waals surface area contributed by atoms with E-state index in [0.717, 1.165) is 0 Å². The number of ketones is 1. The third-order valence-electron chi connectivity index (χ3n) is 1.24. The predicted octanol–water partition coefficient (Wildman–Crippen LogP) is 1.37. The molecule has 0 heterocycles. The smallest absolute Gasteiger partial charge is 0.207 e. The molecule has 0 aliphatic carbocycles. The quantitative estimate of drug-likeness (QED) is 0.420. The first-order chi connectivity index (χ1) is 5.85. The maximum Gasteiger partial charge on any atom is 0.207 e. The highest BCUT2D eigenvalue weighted by atomic mass is 28.3. The first-order valence-electron chi connectivity index (χ1n) is 4.22. The molecule has 0 saturated carbocycles. The fraction of sp³-hybridized carbons (Fsp3) is 0.500. The Morgan fingerprint density at radius 2 is 2.15 bits per heavy atom. The minimum atomic E-state index is -1.47. The van der Waals surface area contributed by atoms with Gasteiger partial charge in [-0.15, -0.1) is 12.1 Å². The summed E-state index contributed by atoms with van der Waals surface area (Å²) in [6.45, 7) is 9.58. The van der Waals surface area contributed by atoms with Crippen LogP contribution in [0.4, 0.5) is 0 Å². The van der Waals surface area contributed by atoms with Gasteiger partial charge in [0.25, 0.3) is 0 Å². The molecule has 0 aromatic rings. The molecule has 2 nitrogen and oxygen atoms in total. The maximum atomic E-state index is 11.1. The zero-order valence-corrected chi connectivity index (χ0v) is 9.42. The monoisotopic (exact) mass is 196 g/mol. The summed E-state index contributed by atoms with van der Waals surface area (Å²) in [7, 11) is -1.47. The van der Waals surface area contributed by atoms with Crippen LogP contribution in [0.2, 0.25) is 19.6 Å². The fourth-order valence-electron chi connectivity index (χ4n) is 0.582. The lowest BCUT2D eigenvalue weighted by Gasteiger charge is -2.03. The second-order valence-corrected chi connectivity index (χ2v) is 8.68. The van der Waals surface area contributed by atoms with Gasteiger partial charge in [-0.1, -0.05) is 25.7 Å². The van der Waals surface area contributed by atoms with Gasteiger partial charge in [-0.3, -0.25) is 4.79 Å². The lowest BCUT2D eigenvalue weighted by Crippen LogP contribution is -2.17. The van der Waals surface area contributed by atoms with E-state index in [9.17, 15) is 4.79 Å². The van der Waals surface area contributed by atoms with E-state index >= 15 is 0 Å². The van der Waals surface area contributed by atoms with Crippen molar-refractivity contribution in [2.75, 3.05) is 0 Å². The van der Waals surface area contributed by atoms with Gasteiger partial charge in [-0.2, -0.15) is 0 Å². The number of aliphatic hydroxyl groups excluding tert-OH is 1. The topological polar surface area (TPSA) is 37.3 Å². The predicted molar refractivity (Wildman–Crippen MR) is 56.9 cm³/mol. The van der Waals surface area contributed by atoms with E-state index in [1.807, 2.05) is 0 Å². The van der Waals surface area contributed by atoms with Crippen molar-refractivity contribution >= 4 is 13.9 Å². The number of carbonyl (C=O) groups excluding carboxylic acids is 1. The van der Waals surface area contributed by atoms with E-state index < -0.39 is 14.2 Å². The Labute approximate surface area is 80.7 Å². The molecule has 0 aromatic heterocycles. The van der Waals surface area contributed by atoms with Crippen LogP contribution in [-0.2, 0) is 4.79 Å². The van der Waals surface area contributed by atoms with Crippen molar-refractivity contribution in [3.05, 3.63) is 12.7 Å². The Balaban J connectivity index is 4.14. The van der Waals surface area contributed by atoms with Gasteiger partial charge in [0.05, 0.1) is 6.10 Å². The molecule has 1 unspecified atom stereocenters. The molecule has 0 aliphatic rings. The van der Waals surface area contributed by atoms with E-state index in [1.54, 1.807) is 0 Å². The van der Waals surface area contributed by atoms with Crippen molar-refractivity contribution in [1.82, 2.24) is 0 Å². The van der Waals surface area contributed by atoms with Crippen LogP contribution in [0.5, 0.6) is 0 Å². The molecule has 0 amide bonds. The Morgan fingerprint density at radius 1 is 1.62 bits per heavy atom. The SMILES string of the molecule is C=CC(O)CC(=O)C#C[Si](C)(C)C. The number of aliphatic hydroxyl groups is 1. The van der Waals surface area contributed by atoms with E-state index in [-0.39, 0.29) is 12.2 Å². The van der Waals surface area contributed by atoms with Crippen LogP contribution in [0.25, 0.3) is 0 Å². The molecule has 0 bridgehead atoms. The van der Waals surface area contributed by atoms with E-state index in [4.69, 9.17) is 5.11 Å². The summed E-state index contributed by atoms with van der Waals surface area (Å²) >= 11 is 0. The van der Waals surface area contributed by atoms with Gasteiger partial charge in [-0.25, -0.2) is 0 Å². The van der Waals surface area contributed by atoms with Crippen molar-refractivity contribution in [2.24, 2.45) is 0 Å². The summed E-state index contributed by atoms with van der Waals surface area (Å²) in [6.07, 6.45) is 0.637. The number of rotatable bonds is 3. The minimum Gasteiger partial charge on any atom is -0.389 e. The van der Waals surface area contributed by atoms with Crippen LogP contribution >= 0.6 is 0 Å². The van der Waals surface area contributed by atoms with Gasteiger partial charge < -0.3 is 5.11 Å². The van der Waals surface area contributed by atoms with E-state index in [2.05, 4.69) is 37.7 Å². The van der Waals surface area contributed by atoms with Gasteiger partial charge in [0.15, 0.2) is 0 Å². The third kappa shape index (κ3) is 7.51. The molecular weight excluding hydrogens is 180 g/mol. The first-order valence-corrected chi connectivity index (χ1v) is 7.72. The van der Waals surface area contributed by atoms with Gasteiger partial charge in [0.2, 0.25) is 5.78 Å². The summed E-state index contributed by atoms with van der Waals surface area (Å²) < 4.78 is 0. The molecule has 0 saturated heterocycles. The largest absolute Gasteiger partial charge is 0.389 e. The molecule has 0 aromatic carbocycles. The van der Waals surface area contributed by atoms with Crippen molar-refractivity contribution < 1.29 is 9.90 Å². The number of Topliss-reactive ketones (excluding diaryl/α,β-unsaturated/α-hetero) is 1. The summed E-state index contributed by atoms with van der Waals surface area (Å²) in [5.74, 6) is 2.34. The zero-order chi connectivity index (χ0) is 10.5. The second-order valence-electron chi connectivity index (χ2n) is 3.93. The average molecular weight is 196 g/mol. The van der Waals surface area contributed by atoms with Gasteiger partial charge in [0, 0.05) is 6.42 Å². The molecule has 1 N–H and O–H groups in total. The van der Waals surface area contributed by atoms with Gasteiger partial charge >= 0.3 is 0 Å². The lowest BCUT2D eigenvalue weighted by atomic mass is 10.2. The van der Waals surface area contributed by atoms with Crippen molar-refractivity contribution in [2.45, 2.75) is 32.2 Å². The Kier molecular flexibility index (Phi) is 4.67. The van der Waals surface area contributed by atoms with Crippen LogP contribution in [-0.4, -0.2) is 25.1 Å². The Morgan fingerprint density at radius 3 is 2.54 bits per heavy atom. The zero-order valence-electron chi connectivity index (χ0n) is 8.42. The molecule has 0 spiro atoms. The number of hydrogen-bond acceptors (Lipinski definition) is 2. The van der Waals surface area contributed by atoms with Gasteiger partial charge in [0.1, 0.15) is 8.07 Å². The highest BCUT2D eigenvalue weighted by molar-refractivity contribution is 6.84. The summed E-state index contributed by atoms with van der Waals surface area (Å²) in [5, 5.41) is 9.06. The molecule has 0 radical (unpaired) electrons. The lowest BCUT2D eigenvalue weighted by molar-refractivity contribution is -0.115. The standard InChI is InChI=1S/C10H16O2Si/c1-5-9(11)8-10(12)6-7-13(2,3)4/h5,9,11H,1,8H2,2-4H3. The van der Waals surface area contributed by atoms with Crippen LogP contribution in [0.3, 0.4) is 0 Å². The van der Waals surface area contributed by atoms with E-state index in [0.29, 0.717) is 0 Å². The third-order valence-corrected chi connectivity index (χ3v) is 2.12. The second kappa shape index (κ2) is 5.00. The normalized spacial score (nSPS) is 12.6. The number of hydrogen-bond donors (Lipinski definition) is 1. The fourth-order valence-corrected chi connectivity index (χ4v) is 1.10. The Hall–Kier alpha value is -0.853. The molecule has 13 heavy (non-hydrogen) atoms. The van der Waals surface area contributed by atoms with Gasteiger partial charge in [-0.05, 0) is 5.92 Å². The maximum absolute atomic E-state index is 11.1. The molecule has 0 rings (SSSR count). The Bertz CT molecular complexity index is 252. The molecule has 1 atom stereocenters. The summed E-state index contributed by atoms with van der Waals surface area (Å²) in [5.41, 5.74) is 2.95.